The van der Waals surface area contributed by atoms with Crippen molar-refractivity contribution in [2.75, 3.05) is 32.8 Å². The van der Waals surface area contributed by atoms with Crippen LogP contribution in [0.2, 0.25) is 0 Å². The number of nitrogens with one attached hydrogen (secondary N) is 1. The minimum absolute atomic E-state index is 0.0577. The van der Waals surface area contributed by atoms with E-state index >= 15 is 0 Å². The summed E-state index contributed by atoms with van der Waals surface area (Å²) in [4.78, 5) is 42.1. The molecule has 1 N–H and O–H groups in total. The van der Waals surface area contributed by atoms with E-state index < -0.39 is 18.2 Å². The van der Waals surface area contributed by atoms with Gasteiger partial charge in [0.25, 0.3) is 0 Å². The summed E-state index contributed by atoms with van der Waals surface area (Å²) in [7, 11) is 2.82. The number of hydrogen-bond donors (Lipinski definition) is 1. The first-order valence-electron chi connectivity index (χ1n) is 12.9. The van der Waals surface area contributed by atoms with Gasteiger partial charge in [0, 0.05) is 11.8 Å². The highest BCUT2D eigenvalue weighted by Gasteiger charge is 2.27. The fraction of sp³-hybridized carbons (Fsp3) is 0.241. The van der Waals surface area contributed by atoms with Gasteiger partial charge in [-0.15, -0.1) is 11.3 Å². The Hall–Kier alpha value is -5.04. The number of carbonyl (C=O) groups is 2. The quantitative estimate of drug-likeness (QED) is 0.265. The lowest BCUT2D eigenvalue weighted by Crippen LogP contribution is -2.35. The van der Waals surface area contributed by atoms with E-state index in [1.165, 1.54) is 36.9 Å². The van der Waals surface area contributed by atoms with Gasteiger partial charge in [0.1, 0.15) is 22.9 Å². The summed E-state index contributed by atoms with van der Waals surface area (Å²) in [6.45, 7) is 4.07. The van der Waals surface area contributed by atoms with Crippen LogP contribution in [0.1, 0.15) is 21.5 Å². The van der Waals surface area contributed by atoms with Gasteiger partial charge < -0.3 is 23.7 Å². The van der Waals surface area contributed by atoms with Crippen molar-refractivity contribution in [3.8, 4) is 28.0 Å². The fourth-order valence-electron chi connectivity index (χ4n) is 4.56. The standard InChI is InChI=1S/C29H25N5O7S/c1-14-5-19(24-20(6-14)33-22(37-3)11-31-24)27-34-23-15(2)7-21-25(26(23)42-27)39-12-18(41-21)13-40-29(36)32-17-8-16(9-30-10-17)28(35)38-4/h5-11,18H,12-13H2,1-4H3,(H,32,36). The van der Waals surface area contributed by atoms with Gasteiger partial charge in [0.2, 0.25) is 5.88 Å². The van der Waals surface area contributed by atoms with Crippen molar-refractivity contribution in [3.05, 3.63) is 59.5 Å². The van der Waals surface area contributed by atoms with Crippen LogP contribution in [0.3, 0.4) is 0 Å². The Balaban J connectivity index is 1.20. The monoisotopic (exact) mass is 587 g/mol. The van der Waals surface area contributed by atoms with Crippen molar-refractivity contribution >= 4 is 50.3 Å². The van der Waals surface area contributed by atoms with Gasteiger partial charge in [-0.3, -0.25) is 10.3 Å². The second-order valence-corrected chi connectivity index (χ2v) is 10.5. The molecule has 0 fully saturated rings. The number of thiazole rings is 1. The van der Waals surface area contributed by atoms with Crippen molar-refractivity contribution < 1.29 is 33.3 Å². The van der Waals surface area contributed by atoms with E-state index in [0.717, 1.165) is 42.9 Å². The molecule has 0 saturated heterocycles. The van der Waals surface area contributed by atoms with E-state index in [4.69, 9.17) is 23.9 Å². The lowest BCUT2D eigenvalue weighted by Gasteiger charge is -2.26. The molecule has 1 amide bonds. The average molecular weight is 588 g/mol. The number of benzene rings is 2. The van der Waals surface area contributed by atoms with Crippen LogP contribution in [0.5, 0.6) is 17.4 Å². The molecule has 42 heavy (non-hydrogen) atoms. The molecular formula is C29H25N5O7S. The normalized spacial score (nSPS) is 14.0. The Kier molecular flexibility index (Phi) is 7.17. The SMILES string of the molecule is COC(=O)c1cncc(NC(=O)OCC2COc3c(cc(C)c4nc(-c5cc(C)cc6nc(OC)cnc56)sc34)O2)c1. The van der Waals surface area contributed by atoms with Crippen LogP contribution >= 0.6 is 11.3 Å². The number of nitrogens with zero attached hydrogens (tertiary/aromatic N) is 4. The first kappa shape index (κ1) is 27.1. The zero-order valence-corrected chi connectivity index (χ0v) is 23.9. The number of esters is 1. The Labute approximate surface area is 243 Å². The summed E-state index contributed by atoms with van der Waals surface area (Å²) in [6.07, 6.45) is 3.07. The number of aromatic nitrogens is 4. The summed E-state index contributed by atoms with van der Waals surface area (Å²) in [5, 5.41) is 3.33. The third-order valence-corrected chi connectivity index (χ3v) is 7.59. The van der Waals surface area contributed by atoms with Gasteiger partial charge in [-0.1, -0.05) is 0 Å². The number of rotatable bonds is 6. The Morgan fingerprint density at radius 2 is 1.93 bits per heavy atom. The number of amides is 1. The molecule has 0 saturated carbocycles. The van der Waals surface area contributed by atoms with Crippen LogP contribution in [-0.4, -0.2) is 65.5 Å². The number of anilines is 1. The molecule has 1 atom stereocenters. The molecule has 1 aliphatic rings. The van der Waals surface area contributed by atoms with Crippen molar-refractivity contribution in [1.29, 1.82) is 0 Å². The Morgan fingerprint density at radius 1 is 1.07 bits per heavy atom. The van der Waals surface area contributed by atoms with Crippen molar-refractivity contribution in [2.45, 2.75) is 20.0 Å². The zero-order chi connectivity index (χ0) is 29.4. The largest absolute Gasteiger partial charge is 0.484 e. The highest BCUT2D eigenvalue weighted by Crippen LogP contribution is 2.46. The van der Waals surface area contributed by atoms with E-state index in [1.807, 2.05) is 32.0 Å². The summed E-state index contributed by atoms with van der Waals surface area (Å²) in [5.74, 6) is 1.02. The number of methoxy groups -OCH3 is 2. The van der Waals surface area contributed by atoms with Crippen LogP contribution in [0.25, 0.3) is 31.8 Å². The van der Waals surface area contributed by atoms with Gasteiger partial charge in [-0.05, 0) is 49.2 Å². The summed E-state index contributed by atoms with van der Waals surface area (Å²) >= 11 is 1.49. The minimum Gasteiger partial charge on any atom is -0.484 e. The predicted molar refractivity (Wildman–Crippen MR) is 155 cm³/mol. The minimum atomic E-state index is -0.724. The molecule has 1 aliphatic heterocycles. The second kappa shape index (κ2) is 11.1. The number of pyridine rings is 1. The molecule has 5 aromatic rings. The summed E-state index contributed by atoms with van der Waals surface area (Å²) < 4.78 is 28.4. The van der Waals surface area contributed by atoms with Gasteiger partial charge in [-0.2, -0.15) is 0 Å². The summed E-state index contributed by atoms with van der Waals surface area (Å²) in [5.41, 5.74) is 5.57. The van der Waals surface area contributed by atoms with Crippen LogP contribution in [-0.2, 0) is 9.47 Å². The fourth-order valence-corrected chi connectivity index (χ4v) is 5.72. The molecule has 0 aliphatic carbocycles. The molecule has 3 aromatic heterocycles. The molecule has 13 heteroatoms. The maximum atomic E-state index is 12.4. The molecular weight excluding hydrogens is 562 g/mol. The van der Waals surface area contributed by atoms with Crippen LogP contribution < -0.4 is 19.5 Å². The molecule has 0 radical (unpaired) electrons. The number of hydrogen-bond acceptors (Lipinski definition) is 12. The molecule has 0 bridgehead atoms. The van der Waals surface area contributed by atoms with Crippen LogP contribution in [0.4, 0.5) is 10.5 Å². The lowest BCUT2D eigenvalue weighted by molar-refractivity contribution is 0.0383. The van der Waals surface area contributed by atoms with Gasteiger partial charge in [0.15, 0.2) is 17.6 Å². The first-order valence-corrected chi connectivity index (χ1v) is 13.7. The van der Waals surface area contributed by atoms with E-state index in [2.05, 4.69) is 25.0 Å². The van der Waals surface area contributed by atoms with Crippen molar-refractivity contribution in [1.82, 2.24) is 19.9 Å². The predicted octanol–water partition coefficient (Wildman–Crippen LogP) is 5.10. The topological polar surface area (TPSA) is 144 Å². The zero-order valence-electron chi connectivity index (χ0n) is 23.1. The molecule has 6 rings (SSSR count). The van der Waals surface area contributed by atoms with Crippen LogP contribution in [0.15, 0.2) is 42.9 Å². The third-order valence-electron chi connectivity index (χ3n) is 6.50. The van der Waals surface area contributed by atoms with Crippen molar-refractivity contribution in [2.24, 2.45) is 0 Å². The molecule has 214 valence electrons. The van der Waals surface area contributed by atoms with Gasteiger partial charge >= 0.3 is 12.1 Å². The lowest BCUT2D eigenvalue weighted by atomic mass is 10.1. The van der Waals surface area contributed by atoms with Crippen LogP contribution in [0, 0.1) is 13.8 Å². The Morgan fingerprint density at radius 3 is 2.74 bits per heavy atom. The van der Waals surface area contributed by atoms with E-state index in [1.54, 1.807) is 13.3 Å². The Bertz CT molecular complexity index is 1860. The number of aryl methyl sites for hydroxylation is 2. The third kappa shape index (κ3) is 5.21. The maximum absolute atomic E-state index is 12.4. The smallest absolute Gasteiger partial charge is 0.411 e. The first-order chi connectivity index (χ1) is 20.3. The van der Waals surface area contributed by atoms with Gasteiger partial charge in [-0.25, -0.2) is 24.5 Å². The second-order valence-electron chi connectivity index (χ2n) is 9.54. The highest BCUT2D eigenvalue weighted by molar-refractivity contribution is 7.22. The van der Waals surface area contributed by atoms with E-state index in [-0.39, 0.29) is 18.8 Å². The molecule has 12 nitrogen and oxygen atoms in total. The molecule has 4 heterocycles. The molecule has 0 spiro atoms. The molecule has 1 unspecified atom stereocenters. The maximum Gasteiger partial charge on any atom is 0.411 e. The molecule has 2 aromatic carbocycles. The van der Waals surface area contributed by atoms with Crippen molar-refractivity contribution in [3.63, 3.8) is 0 Å². The number of fused-ring (bicyclic) bond motifs is 4. The van der Waals surface area contributed by atoms with E-state index in [0.29, 0.717) is 23.1 Å². The highest BCUT2D eigenvalue weighted by atomic mass is 32.1. The number of carbonyl (C=O) groups excluding carboxylic acids is 2. The van der Waals surface area contributed by atoms with Gasteiger partial charge in [0.05, 0.1) is 54.4 Å². The average Bonchev–Trinajstić information content (AvgIpc) is 3.45. The number of ether oxygens (including phenoxy) is 5. The summed E-state index contributed by atoms with van der Waals surface area (Å²) in [6, 6.07) is 7.32. The van der Waals surface area contributed by atoms with E-state index in [9.17, 15) is 9.59 Å².